The molecule has 0 saturated carbocycles. The van der Waals surface area contributed by atoms with Crippen molar-refractivity contribution in [2.24, 2.45) is 5.92 Å². The fourth-order valence-corrected chi connectivity index (χ4v) is 4.42. The van der Waals surface area contributed by atoms with Gasteiger partial charge in [-0.3, -0.25) is 0 Å². The number of hydrogen-bond donors (Lipinski definition) is 1. The number of alkyl halides is 1. The number of hydrogen-bond acceptors (Lipinski definition) is 2. The van der Waals surface area contributed by atoms with E-state index in [0.29, 0.717) is 5.78 Å². The molecule has 4 heteroatoms. The van der Waals surface area contributed by atoms with Crippen molar-refractivity contribution in [2.75, 3.05) is 4.43 Å². The van der Waals surface area contributed by atoms with Crippen LogP contribution in [0.5, 0.6) is 0 Å². The maximum absolute atomic E-state index is 10.7. The molecule has 0 aromatic heterocycles. The Morgan fingerprint density at radius 2 is 2.50 bits per heavy atom. The van der Waals surface area contributed by atoms with E-state index in [1.165, 1.54) is 0 Å². The third-order valence-corrected chi connectivity index (χ3v) is 7.31. The Kier molecular flexibility index (Phi) is 7.30. The van der Waals surface area contributed by atoms with Crippen LogP contribution in [0.4, 0.5) is 0 Å². The summed E-state index contributed by atoms with van der Waals surface area (Å²) in [6.07, 6.45) is 0. The van der Waals surface area contributed by atoms with Crippen LogP contribution in [0.15, 0.2) is 0 Å². The first kappa shape index (κ1) is 11.0. The van der Waals surface area contributed by atoms with Crippen LogP contribution in [0.3, 0.4) is 0 Å². The topological polar surface area (TPSA) is 29.1 Å². The molecule has 0 aliphatic heterocycles. The molecule has 0 spiro atoms. The molecule has 0 rings (SSSR count). The molecule has 0 amide bonds. The Morgan fingerprint density at radius 1 is 1.90 bits per heavy atom. The van der Waals surface area contributed by atoms with Gasteiger partial charge in [0.2, 0.25) is 0 Å². The van der Waals surface area contributed by atoms with E-state index in [-0.39, 0.29) is 48.4 Å². The molecule has 1 N–H and O–H groups in total. The number of Topliss-reactive ketones (excluding diaryl/α,β-unsaturated/α-hetero) is 1. The van der Waals surface area contributed by atoms with Crippen molar-refractivity contribution in [1.82, 2.24) is 1.74 Å². The molecule has 1 atom stereocenters. The van der Waals surface area contributed by atoms with Gasteiger partial charge in [0.1, 0.15) is 0 Å². The minimum atomic E-state index is -0.00680. The molecule has 0 fully saturated rings. The van der Waals surface area contributed by atoms with E-state index in [9.17, 15) is 4.79 Å². The van der Waals surface area contributed by atoms with E-state index in [1.807, 2.05) is 6.92 Å². The summed E-state index contributed by atoms with van der Waals surface area (Å²) in [6, 6.07) is 0. The van der Waals surface area contributed by atoms with Crippen molar-refractivity contribution in [2.45, 2.75) is 13.8 Å². The van der Waals surface area contributed by atoms with E-state index in [2.05, 4.69) is 6.26 Å². The Morgan fingerprint density at radius 3 is 2.90 bits per heavy atom. The molecule has 2 nitrogen and oxygen atoms in total. The van der Waals surface area contributed by atoms with Crippen molar-refractivity contribution in [3.63, 3.8) is 0 Å². The van der Waals surface area contributed by atoms with Gasteiger partial charge in [0.15, 0.2) is 0 Å². The second-order valence-corrected chi connectivity index (χ2v) is 7.55. The average Bonchev–Trinajstić information content (AvgIpc) is 1.88. The van der Waals surface area contributed by atoms with Gasteiger partial charge in [0.05, 0.1) is 0 Å². The molecular weight excluding hydrogens is 356 g/mol. The predicted octanol–water partition coefficient (Wildman–Crippen LogP) is -1.88. The van der Waals surface area contributed by atoms with E-state index in [1.54, 1.807) is 6.92 Å². The fourth-order valence-electron chi connectivity index (χ4n) is 0.289. The van der Waals surface area contributed by atoms with Crippen LogP contribution in [-0.4, -0.2) is 14.7 Å². The van der Waals surface area contributed by atoms with Gasteiger partial charge in [-0.2, -0.15) is 0 Å². The minimum absolute atomic E-state index is 0.00680. The van der Waals surface area contributed by atoms with Gasteiger partial charge in [-0.1, -0.05) is 0 Å². The third kappa shape index (κ3) is 5.72. The van der Waals surface area contributed by atoms with Gasteiger partial charge in [0, 0.05) is 0 Å². The fraction of sp³-hybridized carbons (Fsp3) is 0.667. The second kappa shape index (κ2) is 6.66. The summed E-state index contributed by atoms with van der Waals surface area (Å²) in [5.74, 6) is 0.569. The van der Waals surface area contributed by atoms with Crippen molar-refractivity contribution in [3.05, 3.63) is 0 Å². The number of nitrogens with one attached hydrogen (secondary N) is 1. The molecule has 0 aromatic carbocycles. The van der Waals surface area contributed by atoms with Crippen LogP contribution in [-0.2, 0) is 4.79 Å². The Balaban J connectivity index is 3.30. The van der Waals surface area contributed by atoms with Gasteiger partial charge in [-0.25, -0.2) is 0 Å². The molecular formula is C6H12I2NO-. The Hall–Kier alpha value is 0.960. The number of halogens is 2. The molecule has 0 unspecified atom stereocenters. The van der Waals surface area contributed by atoms with Gasteiger partial charge in [0.25, 0.3) is 0 Å². The zero-order valence-electron chi connectivity index (χ0n) is 6.16. The van der Waals surface area contributed by atoms with E-state index < -0.39 is 0 Å². The molecule has 0 aliphatic carbocycles. The number of carbonyl (C=O) groups excluding carboxylic acids is 1. The summed E-state index contributed by atoms with van der Waals surface area (Å²) in [5, 5.41) is 0. The average molecular weight is 368 g/mol. The van der Waals surface area contributed by atoms with Crippen LogP contribution in [0.1, 0.15) is 13.8 Å². The Bertz CT molecular complexity index is 127. The second-order valence-electron chi connectivity index (χ2n) is 2.00. The van der Waals surface area contributed by atoms with E-state index in [4.69, 9.17) is 0 Å². The summed E-state index contributed by atoms with van der Waals surface area (Å²) < 4.78 is 8.12. The van der Waals surface area contributed by atoms with Crippen LogP contribution < -0.4 is 23.2 Å². The first-order valence-corrected chi connectivity index (χ1v) is 8.10. The van der Waals surface area contributed by atoms with Crippen LogP contribution in [0, 0.1) is 5.92 Å². The Labute approximate surface area is 82.9 Å². The monoisotopic (exact) mass is 368 g/mol. The van der Waals surface area contributed by atoms with E-state index >= 15 is 0 Å². The quantitative estimate of drug-likeness (QED) is 0.267. The summed E-state index contributed by atoms with van der Waals surface area (Å²) in [4.78, 5) is 10.7. The molecule has 0 heterocycles. The van der Waals surface area contributed by atoms with Crippen molar-refractivity contribution in [3.8, 4) is 0 Å². The summed E-state index contributed by atoms with van der Waals surface area (Å²) >= 11 is 0.0597. The summed E-state index contributed by atoms with van der Waals surface area (Å²) in [6.45, 7) is 3.65. The number of carbonyl (C=O) groups is 1. The molecule has 0 bridgehead atoms. The van der Waals surface area contributed by atoms with Gasteiger partial charge in [-0.05, 0) is 0 Å². The van der Waals surface area contributed by atoms with Crippen LogP contribution in [0.2, 0.25) is 0 Å². The van der Waals surface area contributed by atoms with Gasteiger partial charge < -0.3 is 0 Å². The molecule has 0 saturated heterocycles. The molecule has 0 aromatic rings. The molecule has 10 heavy (non-hydrogen) atoms. The molecule has 0 aliphatic rings. The third-order valence-electron chi connectivity index (χ3n) is 1.10. The standard InChI is InChI=1S/C6H12I2NO/c1-5(6(2)10)4-8-9-7-3/h5,9H,3-4H2,1-2H3/q-1/t5-/m0/s1. The van der Waals surface area contributed by atoms with Gasteiger partial charge >= 0.3 is 83.5 Å². The van der Waals surface area contributed by atoms with Crippen LogP contribution >= 0.6 is 21.0 Å². The summed E-state index contributed by atoms with van der Waals surface area (Å²) in [7, 11) is 0. The van der Waals surface area contributed by atoms with Gasteiger partial charge in [-0.15, -0.1) is 0 Å². The zero-order valence-corrected chi connectivity index (χ0v) is 10.5. The molecule has 62 valence electrons. The van der Waals surface area contributed by atoms with Crippen molar-refractivity contribution >= 4 is 31.3 Å². The normalized spacial score (nSPS) is 13.4. The van der Waals surface area contributed by atoms with Crippen LogP contribution in [0.25, 0.3) is 0 Å². The summed E-state index contributed by atoms with van der Waals surface area (Å²) in [5.41, 5.74) is 0. The first-order chi connectivity index (χ1) is 4.68. The van der Waals surface area contributed by atoms with Crippen molar-refractivity contribution in [1.29, 1.82) is 0 Å². The van der Waals surface area contributed by atoms with E-state index in [0.717, 1.165) is 4.43 Å². The molecule has 0 radical (unpaired) electrons. The SMILES string of the molecule is C=IN[I-]C[C@H](C)C(C)=O. The number of ketones is 1. The zero-order chi connectivity index (χ0) is 7.98. The van der Waals surface area contributed by atoms with Crippen molar-refractivity contribution < 1.29 is 26.3 Å². The predicted molar refractivity (Wildman–Crippen MR) is 49.0 cm³/mol. The first-order valence-electron chi connectivity index (χ1n) is 2.89. The number of rotatable bonds is 5. The maximum atomic E-state index is 10.7.